The van der Waals surface area contributed by atoms with Crippen molar-refractivity contribution in [2.45, 2.75) is 20.3 Å². The zero-order valence-electron chi connectivity index (χ0n) is 14.1. The van der Waals surface area contributed by atoms with Crippen molar-refractivity contribution in [3.05, 3.63) is 41.5 Å². The largest absolute Gasteiger partial charge is 0.380 e. The quantitative estimate of drug-likeness (QED) is 0.542. The molecule has 1 rings (SSSR count). The molecule has 0 radical (unpaired) electrons. The maximum atomic E-state index is 11.7. The predicted molar refractivity (Wildman–Crippen MR) is 92.1 cm³/mol. The van der Waals surface area contributed by atoms with Crippen LogP contribution >= 0.6 is 0 Å². The van der Waals surface area contributed by atoms with E-state index in [0.717, 1.165) is 18.6 Å². The molecule has 0 saturated carbocycles. The first-order chi connectivity index (χ1) is 11.0. The number of nitrogens with one attached hydrogen (secondary N) is 2. The highest BCUT2D eigenvalue weighted by molar-refractivity contribution is 5.94. The van der Waals surface area contributed by atoms with E-state index in [1.54, 1.807) is 37.4 Å². The minimum atomic E-state index is -0.159. The van der Waals surface area contributed by atoms with Crippen LogP contribution in [-0.4, -0.2) is 38.6 Å². The second kappa shape index (κ2) is 10.6. The van der Waals surface area contributed by atoms with E-state index in [1.165, 1.54) is 6.08 Å². The van der Waals surface area contributed by atoms with Gasteiger partial charge in [-0.3, -0.25) is 9.59 Å². The molecule has 0 aliphatic heterocycles. The minimum Gasteiger partial charge on any atom is -0.380 e. The Kier molecular flexibility index (Phi) is 8.68. The summed E-state index contributed by atoms with van der Waals surface area (Å²) >= 11 is 0. The van der Waals surface area contributed by atoms with Gasteiger partial charge in [-0.1, -0.05) is 26.0 Å². The van der Waals surface area contributed by atoms with Crippen molar-refractivity contribution in [1.82, 2.24) is 10.6 Å². The summed E-state index contributed by atoms with van der Waals surface area (Å²) in [6.45, 7) is 6.04. The molecule has 0 bridgehead atoms. The number of ether oxygens (including phenoxy) is 1. The highest BCUT2D eigenvalue weighted by atomic mass is 16.5. The van der Waals surface area contributed by atoms with Crippen molar-refractivity contribution in [1.29, 1.82) is 0 Å². The lowest BCUT2D eigenvalue weighted by Gasteiger charge is -2.06. The highest BCUT2D eigenvalue weighted by Crippen LogP contribution is 2.06. The second-order valence-electron chi connectivity index (χ2n) is 5.62. The maximum Gasteiger partial charge on any atom is 0.251 e. The van der Waals surface area contributed by atoms with Gasteiger partial charge in [-0.05, 0) is 36.1 Å². The monoisotopic (exact) mass is 318 g/mol. The van der Waals surface area contributed by atoms with Gasteiger partial charge in [-0.2, -0.15) is 0 Å². The van der Waals surface area contributed by atoms with Crippen LogP contribution in [0.2, 0.25) is 0 Å². The number of benzene rings is 1. The molecule has 0 unspecified atom stereocenters. The van der Waals surface area contributed by atoms with Gasteiger partial charge >= 0.3 is 0 Å². The number of amides is 2. The Morgan fingerprint density at radius 1 is 1.17 bits per heavy atom. The molecule has 0 saturated heterocycles. The number of hydrogen-bond donors (Lipinski definition) is 2. The van der Waals surface area contributed by atoms with Gasteiger partial charge in [-0.15, -0.1) is 0 Å². The van der Waals surface area contributed by atoms with Gasteiger partial charge in [0.05, 0.1) is 6.61 Å². The standard InChI is InChI=1S/C18H26N2O3/c1-14(2)10-12-23-13-11-20-17(21)9-6-15-4-7-16(8-5-15)18(22)19-3/h4-9,14H,10-13H2,1-3H3,(H,19,22)(H,20,21)/b9-6+. The van der Waals surface area contributed by atoms with Gasteiger partial charge in [0.1, 0.15) is 0 Å². The molecule has 0 aromatic heterocycles. The topological polar surface area (TPSA) is 67.4 Å². The zero-order chi connectivity index (χ0) is 17.1. The first kappa shape index (κ1) is 18.9. The summed E-state index contributed by atoms with van der Waals surface area (Å²) in [5.74, 6) is 0.339. The predicted octanol–water partition coefficient (Wildman–Crippen LogP) is 2.24. The van der Waals surface area contributed by atoms with Crippen molar-refractivity contribution in [2.75, 3.05) is 26.8 Å². The first-order valence-electron chi connectivity index (χ1n) is 7.88. The number of hydrogen-bond acceptors (Lipinski definition) is 3. The Morgan fingerprint density at radius 3 is 2.48 bits per heavy atom. The molecule has 0 spiro atoms. The fraction of sp³-hybridized carbons (Fsp3) is 0.444. The summed E-state index contributed by atoms with van der Waals surface area (Å²) in [5, 5.41) is 5.33. The van der Waals surface area contributed by atoms with Gasteiger partial charge in [0.25, 0.3) is 5.91 Å². The fourth-order valence-electron chi connectivity index (χ4n) is 1.79. The average molecular weight is 318 g/mol. The van der Waals surface area contributed by atoms with E-state index in [2.05, 4.69) is 24.5 Å². The van der Waals surface area contributed by atoms with Crippen LogP contribution in [0.25, 0.3) is 6.08 Å². The molecular formula is C18H26N2O3. The Morgan fingerprint density at radius 2 is 1.87 bits per heavy atom. The normalized spacial score (nSPS) is 11.0. The number of carbonyl (C=O) groups is 2. The van der Waals surface area contributed by atoms with Crippen LogP contribution in [0, 0.1) is 5.92 Å². The molecule has 0 aliphatic carbocycles. The van der Waals surface area contributed by atoms with Crippen LogP contribution in [0.4, 0.5) is 0 Å². The Labute approximate surface area is 138 Å². The molecule has 2 N–H and O–H groups in total. The molecular weight excluding hydrogens is 292 g/mol. The molecule has 2 amide bonds. The van der Waals surface area contributed by atoms with E-state index in [0.29, 0.717) is 24.6 Å². The van der Waals surface area contributed by atoms with Crippen LogP contribution in [0.15, 0.2) is 30.3 Å². The Bertz CT molecular complexity index is 522. The van der Waals surface area contributed by atoms with Crippen LogP contribution in [0.1, 0.15) is 36.2 Å². The number of carbonyl (C=O) groups excluding carboxylic acids is 2. The van der Waals surface area contributed by atoms with Crippen LogP contribution in [0.3, 0.4) is 0 Å². The van der Waals surface area contributed by atoms with E-state index >= 15 is 0 Å². The summed E-state index contributed by atoms with van der Waals surface area (Å²) in [6.07, 6.45) is 4.21. The van der Waals surface area contributed by atoms with Gasteiger partial charge in [0, 0.05) is 31.8 Å². The molecule has 0 atom stereocenters. The molecule has 5 heteroatoms. The van der Waals surface area contributed by atoms with Crippen LogP contribution in [0.5, 0.6) is 0 Å². The summed E-state index contributed by atoms with van der Waals surface area (Å²) in [5.41, 5.74) is 1.45. The van der Waals surface area contributed by atoms with Crippen molar-refractivity contribution in [3.8, 4) is 0 Å². The van der Waals surface area contributed by atoms with Crippen molar-refractivity contribution in [3.63, 3.8) is 0 Å². The van der Waals surface area contributed by atoms with E-state index < -0.39 is 0 Å². The van der Waals surface area contributed by atoms with Crippen molar-refractivity contribution < 1.29 is 14.3 Å². The smallest absolute Gasteiger partial charge is 0.251 e. The van der Waals surface area contributed by atoms with Gasteiger partial charge in [-0.25, -0.2) is 0 Å². The lowest BCUT2D eigenvalue weighted by Crippen LogP contribution is -2.25. The number of rotatable bonds is 9. The zero-order valence-corrected chi connectivity index (χ0v) is 14.1. The fourth-order valence-corrected chi connectivity index (χ4v) is 1.79. The molecule has 5 nitrogen and oxygen atoms in total. The minimum absolute atomic E-state index is 0.129. The summed E-state index contributed by atoms with van der Waals surface area (Å²) in [4.78, 5) is 23.1. The van der Waals surface area contributed by atoms with E-state index in [1.807, 2.05) is 0 Å². The average Bonchev–Trinajstić information content (AvgIpc) is 2.55. The molecule has 1 aromatic rings. The third-order valence-electron chi connectivity index (χ3n) is 3.21. The lowest BCUT2D eigenvalue weighted by atomic mass is 10.1. The molecule has 0 aliphatic rings. The van der Waals surface area contributed by atoms with Crippen molar-refractivity contribution >= 4 is 17.9 Å². The molecule has 23 heavy (non-hydrogen) atoms. The molecule has 1 aromatic carbocycles. The van der Waals surface area contributed by atoms with Crippen LogP contribution < -0.4 is 10.6 Å². The van der Waals surface area contributed by atoms with Gasteiger partial charge in [0.15, 0.2) is 0 Å². The third-order valence-corrected chi connectivity index (χ3v) is 3.21. The Hall–Kier alpha value is -2.14. The van der Waals surface area contributed by atoms with E-state index in [9.17, 15) is 9.59 Å². The highest BCUT2D eigenvalue weighted by Gasteiger charge is 2.01. The summed E-state index contributed by atoms with van der Waals surface area (Å²) < 4.78 is 5.43. The molecule has 0 heterocycles. The maximum absolute atomic E-state index is 11.7. The lowest BCUT2D eigenvalue weighted by molar-refractivity contribution is -0.116. The SMILES string of the molecule is CNC(=O)c1ccc(/C=C/C(=O)NCCOCCC(C)C)cc1. The second-order valence-corrected chi connectivity index (χ2v) is 5.62. The van der Waals surface area contributed by atoms with Crippen LogP contribution in [-0.2, 0) is 9.53 Å². The molecule has 0 fully saturated rings. The summed E-state index contributed by atoms with van der Waals surface area (Å²) in [6, 6.07) is 7.03. The summed E-state index contributed by atoms with van der Waals surface area (Å²) in [7, 11) is 1.59. The van der Waals surface area contributed by atoms with E-state index in [4.69, 9.17) is 4.74 Å². The first-order valence-corrected chi connectivity index (χ1v) is 7.88. The molecule has 126 valence electrons. The van der Waals surface area contributed by atoms with Crippen molar-refractivity contribution in [2.24, 2.45) is 5.92 Å². The Balaban J connectivity index is 2.28. The van der Waals surface area contributed by atoms with Gasteiger partial charge < -0.3 is 15.4 Å². The van der Waals surface area contributed by atoms with E-state index in [-0.39, 0.29) is 11.8 Å². The van der Waals surface area contributed by atoms with Gasteiger partial charge in [0.2, 0.25) is 5.91 Å². The third kappa shape index (κ3) is 8.16.